The molecule has 0 heterocycles. The van der Waals surface area contributed by atoms with Crippen LogP contribution in [0.4, 0.5) is 5.69 Å². The third kappa shape index (κ3) is 3.97. The van der Waals surface area contributed by atoms with Crippen LogP contribution in [0.25, 0.3) is 5.70 Å². The number of amides is 1. The van der Waals surface area contributed by atoms with Crippen LogP contribution in [0.2, 0.25) is 0 Å². The molecule has 2 N–H and O–H groups in total. The van der Waals surface area contributed by atoms with E-state index in [1.54, 1.807) is 42.5 Å². The molecule has 22 heavy (non-hydrogen) atoms. The number of nitrogens with two attached hydrogens (primary N) is 1. The maximum Gasteiger partial charge on any atom is 0.245 e. The number of carbonyl (C=O) groups excluding carboxylic acids is 1. The minimum absolute atomic E-state index is 0.252. The van der Waals surface area contributed by atoms with Crippen LogP contribution in [-0.2, 0) is 4.79 Å². The fourth-order valence-corrected chi connectivity index (χ4v) is 1.97. The van der Waals surface area contributed by atoms with Crippen molar-refractivity contribution in [3.63, 3.8) is 0 Å². The molecule has 0 aliphatic heterocycles. The zero-order valence-electron chi connectivity index (χ0n) is 12.6. The van der Waals surface area contributed by atoms with Crippen LogP contribution < -0.4 is 5.73 Å². The summed E-state index contributed by atoms with van der Waals surface area (Å²) in [6.45, 7) is 9.47. The van der Waals surface area contributed by atoms with Gasteiger partial charge in [-0.3, -0.25) is 9.69 Å². The number of allylic oxidation sites excluding steroid dienone is 4. The molecule has 112 valence electrons. The van der Waals surface area contributed by atoms with E-state index in [0.717, 1.165) is 0 Å². The molecule has 0 aromatic heterocycles. The number of hydrogen-bond donors (Lipinski definition) is 1. The smallest absolute Gasteiger partial charge is 0.245 e. The number of rotatable bonds is 6. The Morgan fingerprint density at radius 3 is 2.68 bits per heavy atom. The first kappa shape index (κ1) is 17.0. The summed E-state index contributed by atoms with van der Waals surface area (Å²) < 4.78 is 0. The monoisotopic (exact) mass is 293 g/mol. The standard InChI is InChI=1S/C18H19N3O/c1-4-8-15(9-5-2)21(18(22)12-13-19)14(3)16-10-6-7-11-17(16)20/h4-11H,1,3,12,20H2,2H3/b9-5-,15-8+. The van der Waals surface area contributed by atoms with Crippen molar-refractivity contribution in [3.8, 4) is 6.07 Å². The third-order valence-electron chi connectivity index (χ3n) is 2.91. The van der Waals surface area contributed by atoms with Crippen molar-refractivity contribution in [1.82, 2.24) is 4.90 Å². The number of anilines is 1. The van der Waals surface area contributed by atoms with Gasteiger partial charge in [0, 0.05) is 16.9 Å². The van der Waals surface area contributed by atoms with Crippen molar-refractivity contribution in [2.45, 2.75) is 13.3 Å². The van der Waals surface area contributed by atoms with Gasteiger partial charge in [0.1, 0.15) is 6.42 Å². The molecule has 4 heteroatoms. The zero-order chi connectivity index (χ0) is 16.5. The van der Waals surface area contributed by atoms with Gasteiger partial charge in [-0.25, -0.2) is 0 Å². The Bertz CT molecular complexity index is 678. The van der Waals surface area contributed by atoms with E-state index in [0.29, 0.717) is 22.6 Å². The maximum absolute atomic E-state index is 12.4. The Morgan fingerprint density at radius 2 is 2.14 bits per heavy atom. The summed E-state index contributed by atoms with van der Waals surface area (Å²) in [4.78, 5) is 13.7. The van der Waals surface area contributed by atoms with Gasteiger partial charge in [0.15, 0.2) is 0 Å². The lowest BCUT2D eigenvalue weighted by molar-refractivity contribution is -0.125. The lowest BCUT2D eigenvalue weighted by Gasteiger charge is -2.26. The molecule has 1 amide bonds. The molecule has 0 fully saturated rings. The summed E-state index contributed by atoms with van der Waals surface area (Å²) in [6, 6.07) is 9.01. The second-order valence-corrected chi connectivity index (χ2v) is 4.43. The van der Waals surface area contributed by atoms with E-state index in [9.17, 15) is 4.79 Å². The largest absolute Gasteiger partial charge is 0.398 e. The number of hydrogen-bond acceptors (Lipinski definition) is 3. The summed E-state index contributed by atoms with van der Waals surface area (Å²) in [5, 5.41) is 8.82. The fourth-order valence-electron chi connectivity index (χ4n) is 1.97. The molecule has 1 rings (SSSR count). The SMILES string of the molecule is C=C/C=C(\C=C/C)N(C(=C)c1ccccc1N)C(=O)CC#N. The molecule has 0 bridgehead atoms. The van der Waals surface area contributed by atoms with Crippen molar-refractivity contribution < 1.29 is 4.79 Å². The van der Waals surface area contributed by atoms with Gasteiger partial charge in [0.25, 0.3) is 0 Å². The van der Waals surface area contributed by atoms with Crippen molar-refractivity contribution >= 4 is 17.3 Å². The predicted molar refractivity (Wildman–Crippen MR) is 90.1 cm³/mol. The Morgan fingerprint density at radius 1 is 1.45 bits per heavy atom. The number of carbonyl (C=O) groups is 1. The minimum atomic E-state index is -0.373. The van der Waals surface area contributed by atoms with Crippen LogP contribution in [0.5, 0.6) is 0 Å². The van der Waals surface area contributed by atoms with Crippen molar-refractivity contribution in [2.24, 2.45) is 0 Å². The Labute approximate surface area is 131 Å². The van der Waals surface area contributed by atoms with Gasteiger partial charge < -0.3 is 5.73 Å². The normalized spacial score (nSPS) is 11.0. The summed E-state index contributed by atoms with van der Waals surface area (Å²) in [7, 11) is 0. The van der Waals surface area contributed by atoms with Crippen LogP contribution in [0.3, 0.4) is 0 Å². The number of nitrogen functional groups attached to an aromatic ring is 1. The van der Waals surface area contributed by atoms with E-state index in [2.05, 4.69) is 13.2 Å². The van der Waals surface area contributed by atoms with Crippen molar-refractivity contribution in [2.75, 3.05) is 5.73 Å². The molecular formula is C18H19N3O. The molecule has 0 radical (unpaired) electrons. The highest BCUT2D eigenvalue weighted by Gasteiger charge is 2.21. The molecule has 4 nitrogen and oxygen atoms in total. The number of benzene rings is 1. The molecular weight excluding hydrogens is 274 g/mol. The quantitative estimate of drug-likeness (QED) is 0.643. The highest BCUT2D eigenvalue weighted by atomic mass is 16.2. The molecule has 0 unspecified atom stereocenters. The average Bonchev–Trinajstić information content (AvgIpc) is 2.48. The van der Waals surface area contributed by atoms with E-state index < -0.39 is 0 Å². The van der Waals surface area contributed by atoms with E-state index in [-0.39, 0.29) is 12.3 Å². The van der Waals surface area contributed by atoms with E-state index in [4.69, 9.17) is 11.0 Å². The predicted octanol–water partition coefficient (Wildman–Crippen LogP) is 3.63. The zero-order valence-corrected chi connectivity index (χ0v) is 12.6. The van der Waals surface area contributed by atoms with Crippen LogP contribution in [0, 0.1) is 11.3 Å². The molecule has 0 spiro atoms. The van der Waals surface area contributed by atoms with Crippen molar-refractivity contribution in [3.05, 3.63) is 73.0 Å². The lowest BCUT2D eigenvalue weighted by Crippen LogP contribution is -2.27. The Kier molecular flexibility index (Phi) is 6.39. The number of nitriles is 1. The molecule has 0 atom stereocenters. The highest BCUT2D eigenvalue weighted by Crippen LogP contribution is 2.27. The lowest BCUT2D eigenvalue weighted by atomic mass is 10.1. The van der Waals surface area contributed by atoms with Gasteiger partial charge >= 0.3 is 0 Å². The van der Waals surface area contributed by atoms with E-state index >= 15 is 0 Å². The van der Waals surface area contributed by atoms with Crippen LogP contribution >= 0.6 is 0 Å². The van der Waals surface area contributed by atoms with Crippen LogP contribution in [0.15, 0.2) is 67.4 Å². The third-order valence-corrected chi connectivity index (χ3v) is 2.91. The van der Waals surface area contributed by atoms with Crippen LogP contribution in [0.1, 0.15) is 18.9 Å². The summed E-state index contributed by atoms with van der Waals surface area (Å²) >= 11 is 0. The topological polar surface area (TPSA) is 70.1 Å². The number of para-hydroxylation sites is 1. The van der Waals surface area contributed by atoms with Gasteiger partial charge in [-0.1, -0.05) is 43.5 Å². The van der Waals surface area contributed by atoms with E-state index in [1.165, 1.54) is 4.90 Å². The van der Waals surface area contributed by atoms with E-state index in [1.807, 2.05) is 19.1 Å². The minimum Gasteiger partial charge on any atom is -0.398 e. The first-order chi connectivity index (χ1) is 10.6. The molecule has 0 aliphatic rings. The molecule has 1 aromatic rings. The Balaban J connectivity index is 3.38. The first-order valence-corrected chi connectivity index (χ1v) is 6.75. The van der Waals surface area contributed by atoms with Gasteiger partial charge in [0.05, 0.1) is 11.8 Å². The molecule has 0 saturated carbocycles. The summed E-state index contributed by atoms with van der Waals surface area (Å²) in [5.74, 6) is -0.373. The molecule has 1 aromatic carbocycles. The fraction of sp³-hybridized carbons (Fsp3) is 0.111. The maximum atomic E-state index is 12.4. The average molecular weight is 293 g/mol. The summed E-state index contributed by atoms with van der Waals surface area (Å²) in [6.07, 6.45) is 6.55. The first-order valence-electron chi connectivity index (χ1n) is 6.75. The molecule has 0 aliphatic carbocycles. The second kappa shape index (κ2) is 8.28. The van der Waals surface area contributed by atoms with Gasteiger partial charge in [-0.2, -0.15) is 5.26 Å². The van der Waals surface area contributed by atoms with Crippen LogP contribution in [-0.4, -0.2) is 10.8 Å². The summed E-state index contributed by atoms with van der Waals surface area (Å²) in [5.41, 5.74) is 8.12. The Hall–Kier alpha value is -3.06. The second-order valence-electron chi connectivity index (χ2n) is 4.43. The van der Waals surface area contributed by atoms with Gasteiger partial charge in [-0.05, 0) is 25.1 Å². The van der Waals surface area contributed by atoms with Gasteiger partial charge in [-0.15, -0.1) is 0 Å². The molecule has 0 saturated heterocycles. The van der Waals surface area contributed by atoms with Crippen molar-refractivity contribution in [1.29, 1.82) is 5.26 Å². The number of nitrogens with zero attached hydrogens (tertiary/aromatic N) is 2. The highest BCUT2D eigenvalue weighted by molar-refractivity contribution is 5.91. The van der Waals surface area contributed by atoms with Gasteiger partial charge in [0.2, 0.25) is 5.91 Å².